The molecule has 0 aliphatic heterocycles. The van der Waals surface area contributed by atoms with E-state index in [-0.39, 0.29) is 6.10 Å². The van der Waals surface area contributed by atoms with Crippen molar-refractivity contribution in [1.29, 1.82) is 0 Å². The van der Waals surface area contributed by atoms with Crippen LogP contribution in [0.4, 0.5) is 5.69 Å². The molecule has 2 aromatic rings. The van der Waals surface area contributed by atoms with Gasteiger partial charge >= 0.3 is 0 Å². The highest BCUT2D eigenvalue weighted by Crippen LogP contribution is 2.23. The van der Waals surface area contributed by atoms with Crippen LogP contribution in [0.15, 0.2) is 28.8 Å². The molecule has 0 radical (unpaired) electrons. The normalized spacial score (nSPS) is 12.8. The quantitative estimate of drug-likeness (QED) is 0.820. The van der Waals surface area contributed by atoms with Gasteiger partial charge in [0.25, 0.3) is 0 Å². The maximum absolute atomic E-state index is 5.76. The first-order valence-electron chi connectivity index (χ1n) is 6.88. The zero-order chi connectivity index (χ0) is 14.5. The molecule has 0 fully saturated rings. The van der Waals surface area contributed by atoms with Gasteiger partial charge in [0.2, 0.25) is 11.7 Å². The highest BCUT2D eigenvalue weighted by molar-refractivity contribution is 5.41. The maximum Gasteiger partial charge on any atom is 0.231 e. The second-order valence-electron chi connectivity index (χ2n) is 5.09. The predicted molar refractivity (Wildman–Crippen MR) is 77.2 cm³/mol. The molecule has 0 aliphatic carbocycles. The van der Waals surface area contributed by atoms with Crippen LogP contribution in [0, 0.1) is 5.92 Å². The summed E-state index contributed by atoms with van der Waals surface area (Å²) >= 11 is 0. The lowest BCUT2D eigenvalue weighted by Crippen LogP contribution is -2.12. The van der Waals surface area contributed by atoms with Crippen molar-refractivity contribution >= 4 is 5.69 Å². The number of nitrogens with zero attached hydrogens (tertiary/aromatic N) is 2. The summed E-state index contributed by atoms with van der Waals surface area (Å²) in [4.78, 5) is 4.43. The minimum absolute atomic E-state index is 0.127. The Balaban J connectivity index is 2.12. The molecule has 1 atom stereocenters. The fourth-order valence-electron chi connectivity index (χ4n) is 2.08. The molecule has 5 nitrogen and oxygen atoms in total. The average Bonchev–Trinajstić information content (AvgIpc) is 2.83. The van der Waals surface area contributed by atoms with Crippen molar-refractivity contribution in [2.75, 3.05) is 12.3 Å². The van der Waals surface area contributed by atoms with E-state index in [1.807, 2.05) is 31.2 Å². The van der Waals surface area contributed by atoms with Crippen molar-refractivity contribution in [2.45, 2.75) is 33.3 Å². The van der Waals surface area contributed by atoms with Gasteiger partial charge in [0.05, 0.1) is 6.42 Å². The van der Waals surface area contributed by atoms with E-state index >= 15 is 0 Å². The molecule has 0 saturated heterocycles. The smallest absolute Gasteiger partial charge is 0.231 e. The van der Waals surface area contributed by atoms with Crippen molar-refractivity contribution in [3.63, 3.8) is 0 Å². The minimum atomic E-state index is -0.127. The number of hydrogen-bond donors (Lipinski definition) is 1. The van der Waals surface area contributed by atoms with Gasteiger partial charge in [-0.3, -0.25) is 0 Å². The number of anilines is 1. The van der Waals surface area contributed by atoms with E-state index in [1.165, 1.54) is 0 Å². The standard InChI is InChI=1S/C15H21N3O2/c1-4-19-14(10(2)3)15-17-13(20-18-15)9-11-6-5-7-12(16)8-11/h5-8,10,14H,4,9,16H2,1-3H3. The van der Waals surface area contributed by atoms with Crippen LogP contribution in [0.25, 0.3) is 0 Å². The number of nitrogens with two attached hydrogens (primary N) is 1. The molecule has 2 N–H and O–H groups in total. The van der Waals surface area contributed by atoms with Crippen LogP contribution in [0.3, 0.4) is 0 Å². The SMILES string of the molecule is CCOC(c1noc(Cc2cccc(N)c2)n1)C(C)C. The Labute approximate surface area is 119 Å². The van der Waals surface area contributed by atoms with Crippen LogP contribution in [0.5, 0.6) is 0 Å². The monoisotopic (exact) mass is 275 g/mol. The fourth-order valence-corrected chi connectivity index (χ4v) is 2.08. The van der Waals surface area contributed by atoms with Crippen LogP contribution in [0.1, 0.15) is 44.2 Å². The Morgan fingerprint density at radius 3 is 2.80 bits per heavy atom. The first-order chi connectivity index (χ1) is 9.60. The summed E-state index contributed by atoms with van der Waals surface area (Å²) in [6.45, 7) is 6.74. The van der Waals surface area contributed by atoms with Gasteiger partial charge in [-0.15, -0.1) is 0 Å². The Bertz CT molecular complexity index is 552. The molecule has 20 heavy (non-hydrogen) atoms. The summed E-state index contributed by atoms with van der Waals surface area (Å²) in [7, 11) is 0. The molecule has 0 saturated carbocycles. The van der Waals surface area contributed by atoms with Crippen molar-refractivity contribution in [1.82, 2.24) is 10.1 Å². The Kier molecular flexibility index (Phi) is 4.74. The molecule has 1 aromatic carbocycles. The number of nitrogen functional groups attached to an aromatic ring is 1. The lowest BCUT2D eigenvalue weighted by atomic mass is 10.1. The first kappa shape index (κ1) is 14.5. The molecular formula is C15H21N3O2. The van der Waals surface area contributed by atoms with Crippen LogP contribution < -0.4 is 5.73 Å². The average molecular weight is 275 g/mol. The second kappa shape index (κ2) is 6.52. The van der Waals surface area contributed by atoms with E-state index in [9.17, 15) is 0 Å². The Morgan fingerprint density at radius 1 is 1.35 bits per heavy atom. The van der Waals surface area contributed by atoms with Crippen LogP contribution >= 0.6 is 0 Å². The van der Waals surface area contributed by atoms with Gasteiger partial charge in [-0.05, 0) is 30.5 Å². The van der Waals surface area contributed by atoms with Gasteiger partial charge in [0, 0.05) is 12.3 Å². The lowest BCUT2D eigenvalue weighted by molar-refractivity contribution is 0.0217. The summed E-state index contributed by atoms with van der Waals surface area (Å²) in [6.07, 6.45) is 0.452. The van der Waals surface area contributed by atoms with Crippen molar-refractivity contribution < 1.29 is 9.26 Å². The van der Waals surface area contributed by atoms with Crippen molar-refractivity contribution in [2.24, 2.45) is 5.92 Å². The van der Waals surface area contributed by atoms with Gasteiger partial charge in [-0.1, -0.05) is 31.1 Å². The molecule has 2 rings (SSSR count). The summed E-state index contributed by atoms with van der Waals surface area (Å²) in [5.41, 5.74) is 7.54. The number of rotatable bonds is 6. The van der Waals surface area contributed by atoms with Crippen molar-refractivity contribution in [3.8, 4) is 0 Å². The van der Waals surface area contributed by atoms with E-state index in [0.29, 0.717) is 30.7 Å². The Hall–Kier alpha value is -1.88. The zero-order valence-corrected chi connectivity index (χ0v) is 12.2. The van der Waals surface area contributed by atoms with E-state index in [4.69, 9.17) is 15.0 Å². The van der Waals surface area contributed by atoms with Crippen LogP contribution in [-0.2, 0) is 11.2 Å². The maximum atomic E-state index is 5.76. The molecule has 1 unspecified atom stereocenters. The van der Waals surface area contributed by atoms with E-state index in [2.05, 4.69) is 24.0 Å². The molecule has 5 heteroatoms. The minimum Gasteiger partial charge on any atom is -0.399 e. The molecule has 0 amide bonds. The van der Waals surface area contributed by atoms with E-state index < -0.39 is 0 Å². The highest BCUT2D eigenvalue weighted by Gasteiger charge is 2.22. The summed E-state index contributed by atoms with van der Waals surface area (Å²) in [5.74, 6) is 1.49. The molecule has 0 spiro atoms. The second-order valence-corrected chi connectivity index (χ2v) is 5.09. The lowest BCUT2D eigenvalue weighted by Gasteiger charge is -2.16. The number of benzene rings is 1. The zero-order valence-electron chi connectivity index (χ0n) is 12.2. The number of ether oxygens (including phenoxy) is 1. The molecule has 0 aliphatic rings. The third-order valence-electron chi connectivity index (χ3n) is 3.00. The van der Waals surface area contributed by atoms with Crippen LogP contribution in [-0.4, -0.2) is 16.7 Å². The number of aromatic nitrogens is 2. The summed E-state index contributed by atoms with van der Waals surface area (Å²) < 4.78 is 11.0. The van der Waals surface area contributed by atoms with E-state index in [1.54, 1.807) is 0 Å². The van der Waals surface area contributed by atoms with Crippen LogP contribution in [0.2, 0.25) is 0 Å². The highest BCUT2D eigenvalue weighted by atomic mass is 16.5. The molecule has 108 valence electrons. The third kappa shape index (κ3) is 3.57. The van der Waals surface area contributed by atoms with Gasteiger partial charge in [0.15, 0.2) is 0 Å². The first-order valence-corrected chi connectivity index (χ1v) is 6.88. The van der Waals surface area contributed by atoms with Gasteiger partial charge < -0.3 is 15.0 Å². The van der Waals surface area contributed by atoms with E-state index in [0.717, 1.165) is 11.3 Å². The molecular weight excluding hydrogens is 254 g/mol. The van der Waals surface area contributed by atoms with Gasteiger partial charge in [-0.2, -0.15) is 4.98 Å². The summed E-state index contributed by atoms with van der Waals surface area (Å²) in [6, 6.07) is 7.67. The van der Waals surface area contributed by atoms with Gasteiger partial charge in [0.1, 0.15) is 6.10 Å². The molecule has 1 aromatic heterocycles. The number of hydrogen-bond acceptors (Lipinski definition) is 5. The molecule has 1 heterocycles. The Morgan fingerprint density at radius 2 is 2.15 bits per heavy atom. The van der Waals surface area contributed by atoms with Crippen molar-refractivity contribution in [3.05, 3.63) is 41.5 Å². The third-order valence-corrected chi connectivity index (χ3v) is 3.00. The fraction of sp³-hybridized carbons (Fsp3) is 0.467. The van der Waals surface area contributed by atoms with Gasteiger partial charge in [-0.25, -0.2) is 0 Å². The largest absolute Gasteiger partial charge is 0.399 e. The predicted octanol–water partition coefficient (Wildman–Crippen LogP) is 2.98. The molecule has 0 bridgehead atoms. The topological polar surface area (TPSA) is 74.2 Å². The summed E-state index contributed by atoms with van der Waals surface area (Å²) in [5, 5.41) is 4.03.